The molecule has 0 aliphatic heterocycles. The lowest BCUT2D eigenvalue weighted by molar-refractivity contribution is 0.0911. The number of aromatic nitrogens is 2. The second-order valence-corrected chi connectivity index (χ2v) is 4.79. The molecule has 0 saturated heterocycles. The number of hydrogen-bond acceptors (Lipinski definition) is 3. The predicted octanol–water partition coefficient (Wildman–Crippen LogP) is 2.09. The molecule has 5 nitrogen and oxygen atoms in total. The van der Waals surface area contributed by atoms with Gasteiger partial charge in [-0.3, -0.25) is 4.79 Å². The van der Waals surface area contributed by atoms with Crippen molar-refractivity contribution in [3.05, 3.63) is 52.6 Å². The van der Waals surface area contributed by atoms with Crippen LogP contribution < -0.4 is 5.32 Å². The summed E-state index contributed by atoms with van der Waals surface area (Å²) in [6.07, 6.45) is 2.22. The Morgan fingerprint density at radius 1 is 1.45 bits per heavy atom. The summed E-state index contributed by atoms with van der Waals surface area (Å²) in [5.74, 6) is 0.452. The second kappa shape index (κ2) is 6.54. The van der Waals surface area contributed by atoms with Gasteiger partial charge in [0, 0.05) is 11.4 Å². The van der Waals surface area contributed by atoms with Crippen molar-refractivity contribution in [1.82, 2.24) is 15.3 Å². The fourth-order valence-corrected chi connectivity index (χ4v) is 1.95. The molecule has 0 saturated carbocycles. The van der Waals surface area contributed by atoms with Crippen molar-refractivity contribution in [2.24, 2.45) is 0 Å². The van der Waals surface area contributed by atoms with Gasteiger partial charge < -0.3 is 15.4 Å². The van der Waals surface area contributed by atoms with Crippen molar-refractivity contribution in [3.8, 4) is 0 Å². The SMILES string of the molecule is CCc1ncc(C(=O)NC(CO)c2ccc(Cl)cc2)[nH]1. The van der Waals surface area contributed by atoms with Gasteiger partial charge >= 0.3 is 0 Å². The van der Waals surface area contributed by atoms with E-state index in [2.05, 4.69) is 15.3 Å². The molecule has 1 unspecified atom stereocenters. The van der Waals surface area contributed by atoms with E-state index in [0.717, 1.165) is 17.8 Å². The van der Waals surface area contributed by atoms with Crippen LogP contribution in [-0.4, -0.2) is 27.6 Å². The lowest BCUT2D eigenvalue weighted by atomic mass is 10.1. The van der Waals surface area contributed by atoms with Crippen LogP contribution in [0.1, 0.15) is 34.8 Å². The van der Waals surface area contributed by atoms with E-state index >= 15 is 0 Å². The Kier molecular flexibility index (Phi) is 4.76. The quantitative estimate of drug-likeness (QED) is 0.790. The number of benzene rings is 1. The van der Waals surface area contributed by atoms with E-state index in [-0.39, 0.29) is 12.5 Å². The minimum Gasteiger partial charge on any atom is -0.394 e. The first-order chi connectivity index (χ1) is 9.63. The summed E-state index contributed by atoms with van der Waals surface area (Å²) in [6, 6.07) is 6.50. The number of nitrogens with zero attached hydrogens (tertiary/aromatic N) is 1. The molecule has 1 atom stereocenters. The third-order valence-corrected chi connectivity index (χ3v) is 3.22. The van der Waals surface area contributed by atoms with E-state index < -0.39 is 6.04 Å². The highest BCUT2D eigenvalue weighted by Crippen LogP contribution is 2.16. The number of nitrogens with one attached hydrogen (secondary N) is 2. The largest absolute Gasteiger partial charge is 0.394 e. The van der Waals surface area contributed by atoms with Gasteiger partial charge in [-0.25, -0.2) is 4.98 Å². The molecular formula is C14H16ClN3O2. The number of halogens is 1. The molecular weight excluding hydrogens is 278 g/mol. The van der Waals surface area contributed by atoms with Crippen molar-refractivity contribution >= 4 is 17.5 Å². The second-order valence-electron chi connectivity index (χ2n) is 4.36. The molecule has 20 heavy (non-hydrogen) atoms. The highest BCUT2D eigenvalue weighted by molar-refractivity contribution is 6.30. The maximum atomic E-state index is 12.1. The Labute approximate surface area is 122 Å². The molecule has 0 spiro atoms. The van der Waals surface area contributed by atoms with Crippen LogP contribution in [-0.2, 0) is 6.42 Å². The highest BCUT2D eigenvalue weighted by atomic mass is 35.5. The minimum atomic E-state index is -0.479. The van der Waals surface area contributed by atoms with Gasteiger partial charge in [0.05, 0.1) is 18.8 Å². The van der Waals surface area contributed by atoms with Gasteiger partial charge in [-0.2, -0.15) is 0 Å². The Balaban J connectivity index is 2.09. The van der Waals surface area contributed by atoms with E-state index in [1.807, 2.05) is 6.92 Å². The van der Waals surface area contributed by atoms with E-state index in [4.69, 9.17) is 11.6 Å². The topological polar surface area (TPSA) is 78.0 Å². The number of aliphatic hydroxyl groups is 1. The summed E-state index contributed by atoms with van der Waals surface area (Å²) in [5, 5.41) is 12.8. The molecule has 1 aromatic heterocycles. The molecule has 1 amide bonds. The smallest absolute Gasteiger partial charge is 0.269 e. The molecule has 0 bridgehead atoms. The predicted molar refractivity (Wildman–Crippen MR) is 76.7 cm³/mol. The number of amides is 1. The third kappa shape index (κ3) is 3.37. The molecule has 0 radical (unpaired) electrons. The molecule has 3 N–H and O–H groups in total. The Hall–Kier alpha value is -1.85. The van der Waals surface area contributed by atoms with Crippen LogP contribution in [0.25, 0.3) is 0 Å². The summed E-state index contributed by atoms with van der Waals surface area (Å²) in [6.45, 7) is 1.76. The summed E-state index contributed by atoms with van der Waals surface area (Å²) in [7, 11) is 0. The summed E-state index contributed by atoms with van der Waals surface area (Å²) < 4.78 is 0. The first-order valence-electron chi connectivity index (χ1n) is 6.35. The molecule has 1 aromatic carbocycles. The Bertz CT molecular complexity index is 580. The highest BCUT2D eigenvalue weighted by Gasteiger charge is 2.16. The molecule has 1 heterocycles. The molecule has 6 heteroatoms. The van der Waals surface area contributed by atoms with Crippen LogP contribution in [0, 0.1) is 0 Å². The van der Waals surface area contributed by atoms with Crippen LogP contribution >= 0.6 is 11.6 Å². The number of aliphatic hydroxyl groups excluding tert-OH is 1. The first kappa shape index (κ1) is 14.6. The molecule has 2 rings (SSSR count). The number of aromatic amines is 1. The summed E-state index contributed by atoms with van der Waals surface area (Å²) >= 11 is 5.82. The van der Waals surface area contributed by atoms with Crippen LogP contribution in [0.3, 0.4) is 0 Å². The van der Waals surface area contributed by atoms with Crippen molar-refractivity contribution in [2.45, 2.75) is 19.4 Å². The van der Waals surface area contributed by atoms with Gasteiger partial charge in [0.1, 0.15) is 11.5 Å². The lowest BCUT2D eigenvalue weighted by Crippen LogP contribution is -2.31. The Morgan fingerprint density at radius 2 is 2.15 bits per heavy atom. The number of aryl methyl sites for hydroxylation is 1. The lowest BCUT2D eigenvalue weighted by Gasteiger charge is -2.16. The molecule has 2 aromatic rings. The van der Waals surface area contributed by atoms with E-state index in [1.165, 1.54) is 6.20 Å². The molecule has 0 fully saturated rings. The van der Waals surface area contributed by atoms with Gasteiger partial charge in [0.2, 0.25) is 0 Å². The maximum Gasteiger partial charge on any atom is 0.269 e. The zero-order chi connectivity index (χ0) is 14.5. The zero-order valence-electron chi connectivity index (χ0n) is 11.1. The van der Waals surface area contributed by atoms with E-state index in [9.17, 15) is 9.90 Å². The summed E-state index contributed by atoms with van der Waals surface area (Å²) in [4.78, 5) is 19.1. The number of rotatable bonds is 5. The van der Waals surface area contributed by atoms with Crippen LogP contribution in [0.15, 0.2) is 30.5 Å². The molecule has 0 aliphatic carbocycles. The minimum absolute atomic E-state index is 0.192. The maximum absolute atomic E-state index is 12.1. The normalized spacial score (nSPS) is 12.2. The van der Waals surface area contributed by atoms with Crippen molar-refractivity contribution in [3.63, 3.8) is 0 Å². The standard InChI is InChI=1S/C14H16ClN3O2/c1-2-13-16-7-11(17-13)14(20)18-12(8-19)9-3-5-10(15)6-4-9/h3-7,12,19H,2,8H2,1H3,(H,16,17)(H,18,20). The number of hydrogen-bond donors (Lipinski definition) is 3. The van der Waals surface area contributed by atoms with Gasteiger partial charge in [-0.15, -0.1) is 0 Å². The average molecular weight is 294 g/mol. The average Bonchev–Trinajstić information content (AvgIpc) is 2.94. The fraction of sp³-hybridized carbons (Fsp3) is 0.286. The molecule has 106 valence electrons. The summed E-state index contributed by atoms with van der Waals surface area (Å²) in [5.41, 5.74) is 1.18. The van der Waals surface area contributed by atoms with Gasteiger partial charge in [-0.05, 0) is 17.7 Å². The van der Waals surface area contributed by atoms with Crippen LogP contribution in [0.4, 0.5) is 0 Å². The van der Waals surface area contributed by atoms with Crippen molar-refractivity contribution in [1.29, 1.82) is 0 Å². The van der Waals surface area contributed by atoms with Gasteiger partial charge in [0.25, 0.3) is 5.91 Å². The van der Waals surface area contributed by atoms with Crippen molar-refractivity contribution in [2.75, 3.05) is 6.61 Å². The van der Waals surface area contributed by atoms with Gasteiger partial charge in [-0.1, -0.05) is 30.7 Å². The fourth-order valence-electron chi connectivity index (χ4n) is 1.82. The number of carbonyl (C=O) groups excluding carboxylic acids is 1. The third-order valence-electron chi connectivity index (χ3n) is 2.97. The Morgan fingerprint density at radius 3 is 2.70 bits per heavy atom. The van der Waals surface area contributed by atoms with E-state index in [1.54, 1.807) is 24.3 Å². The number of H-pyrrole nitrogens is 1. The van der Waals surface area contributed by atoms with Gasteiger partial charge in [0.15, 0.2) is 0 Å². The van der Waals surface area contributed by atoms with Crippen LogP contribution in [0.5, 0.6) is 0 Å². The van der Waals surface area contributed by atoms with Crippen molar-refractivity contribution < 1.29 is 9.90 Å². The monoisotopic (exact) mass is 293 g/mol. The van der Waals surface area contributed by atoms with Crippen LogP contribution in [0.2, 0.25) is 5.02 Å². The number of imidazole rings is 1. The molecule has 0 aliphatic rings. The first-order valence-corrected chi connectivity index (χ1v) is 6.73. The zero-order valence-corrected chi connectivity index (χ0v) is 11.8. The van der Waals surface area contributed by atoms with E-state index in [0.29, 0.717) is 10.7 Å². The number of carbonyl (C=O) groups is 1.